The summed E-state index contributed by atoms with van der Waals surface area (Å²) in [5.74, 6) is -0.00166. The van der Waals surface area contributed by atoms with E-state index < -0.39 is 6.04 Å². The lowest BCUT2D eigenvalue weighted by atomic mass is 9.96. The van der Waals surface area contributed by atoms with Crippen molar-refractivity contribution in [1.82, 2.24) is 24.9 Å². The number of carbonyl (C=O) groups is 3. The van der Waals surface area contributed by atoms with Gasteiger partial charge in [-0.05, 0) is 87.4 Å². The number of likely N-dealkylation sites (tertiary alicyclic amines) is 2. The molecule has 3 aliphatic heterocycles. The fourth-order valence-corrected chi connectivity index (χ4v) is 7.07. The van der Waals surface area contributed by atoms with Crippen LogP contribution >= 0.6 is 0 Å². The predicted octanol–water partition coefficient (Wildman–Crippen LogP) is 4.54. The van der Waals surface area contributed by atoms with Gasteiger partial charge in [-0.3, -0.25) is 4.79 Å². The number of hydrogen-bond donors (Lipinski definition) is 2. The summed E-state index contributed by atoms with van der Waals surface area (Å²) < 4.78 is 0. The Morgan fingerprint density at radius 3 is 2.43 bits per heavy atom. The first kappa shape index (κ1) is 31.8. The lowest BCUT2D eigenvalue weighted by molar-refractivity contribution is -0.135. The largest absolute Gasteiger partial charge is 0.339 e. The summed E-state index contributed by atoms with van der Waals surface area (Å²) in [7, 11) is 4.13. The lowest BCUT2D eigenvalue weighted by Crippen LogP contribution is -2.58. The summed E-state index contributed by atoms with van der Waals surface area (Å²) in [5, 5.41) is 6.23. The van der Waals surface area contributed by atoms with E-state index in [-0.39, 0.29) is 24.0 Å². The van der Waals surface area contributed by atoms with Gasteiger partial charge in [0.15, 0.2) is 0 Å². The van der Waals surface area contributed by atoms with Crippen LogP contribution in [-0.4, -0.2) is 103 Å². The van der Waals surface area contributed by atoms with Crippen molar-refractivity contribution in [2.75, 3.05) is 52.1 Å². The Bertz CT molecular complexity index is 1320. The molecular weight excluding hydrogens is 552 g/mol. The van der Waals surface area contributed by atoms with E-state index in [2.05, 4.69) is 67.7 Å². The SMILES string of the molecule is CCc1ccc(C[C@@H](NC(=O)N2CCC(N3CCc4ccccc4NC3=O)CC2)C(=O)N2CCCC(N(C)C)C2)cc1CC. The van der Waals surface area contributed by atoms with Crippen LogP contribution in [0.3, 0.4) is 0 Å². The molecule has 2 aromatic carbocycles. The van der Waals surface area contributed by atoms with Crippen molar-refractivity contribution in [3.63, 3.8) is 0 Å². The zero-order valence-electron chi connectivity index (χ0n) is 27.0. The number of benzene rings is 2. The normalized spacial score (nSPS) is 20.2. The number of likely N-dealkylation sites (N-methyl/N-ethyl adjacent to an activating group) is 1. The van der Waals surface area contributed by atoms with Gasteiger partial charge < -0.3 is 30.2 Å². The molecule has 3 aliphatic rings. The minimum absolute atomic E-state index is 0.00166. The molecule has 0 radical (unpaired) electrons. The fourth-order valence-electron chi connectivity index (χ4n) is 7.07. The molecule has 5 amide bonds. The number of nitrogens with zero attached hydrogens (tertiary/aromatic N) is 4. The van der Waals surface area contributed by atoms with E-state index in [1.54, 1.807) is 0 Å². The van der Waals surface area contributed by atoms with Gasteiger partial charge in [-0.15, -0.1) is 0 Å². The third kappa shape index (κ3) is 7.37. The Balaban J connectivity index is 1.25. The van der Waals surface area contributed by atoms with Crippen LogP contribution in [-0.2, 0) is 30.5 Å². The molecule has 2 aromatic rings. The molecule has 5 rings (SSSR count). The van der Waals surface area contributed by atoms with Gasteiger partial charge in [0, 0.05) is 56.9 Å². The lowest BCUT2D eigenvalue weighted by Gasteiger charge is -2.39. The Morgan fingerprint density at radius 2 is 1.70 bits per heavy atom. The molecule has 1 unspecified atom stereocenters. The highest BCUT2D eigenvalue weighted by Crippen LogP contribution is 2.25. The van der Waals surface area contributed by atoms with E-state index in [1.165, 1.54) is 11.1 Å². The van der Waals surface area contributed by atoms with E-state index in [9.17, 15) is 14.4 Å². The van der Waals surface area contributed by atoms with E-state index in [4.69, 9.17) is 0 Å². The van der Waals surface area contributed by atoms with Crippen LogP contribution in [0.1, 0.15) is 61.8 Å². The Labute approximate surface area is 262 Å². The molecule has 0 spiro atoms. The van der Waals surface area contributed by atoms with Gasteiger partial charge in [0.1, 0.15) is 6.04 Å². The van der Waals surface area contributed by atoms with E-state index in [0.717, 1.165) is 55.5 Å². The minimum atomic E-state index is -0.631. The fraction of sp³-hybridized carbons (Fsp3) is 0.571. The number of aryl methyl sites for hydroxylation is 2. The molecule has 2 N–H and O–H groups in total. The molecule has 0 aromatic heterocycles. The number of carbonyl (C=O) groups excluding carboxylic acids is 3. The van der Waals surface area contributed by atoms with Crippen molar-refractivity contribution in [2.45, 2.75) is 83.3 Å². The number of para-hydroxylation sites is 1. The number of hydrogen-bond acceptors (Lipinski definition) is 4. The first-order valence-corrected chi connectivity index (χ1v) is 16.5. The molecule has 3 heterocycles. The third-order valence-electron chi connectivity index (χ3n) is 9.84. The van der Waals surface area contributed by atoms with E-state index >= 15 is 0 Å². The predicted molar refractivity (Wildman–Crippen MR) is 175 cm³/mol. The van der Waals surface area contributed by atoms with Crippen molar-refractivity contribution < 1.29 is 14.4 Å². The topological polar surface area (TPSA) is 88.2 Å². The molecular formula is C35H50N6O3. The van der Waals surface area contributed by atoms with Crippen molar-refractivity contribution in [1.29, 1.82) is 0 Å². The van der Waals surface area contributed by atoms with E-state index in [1.807, 2.05) is 32.9 Å². The van der Waals surface area contributed by atoms with Crippen LogP contribution in [0.25, 0.3) is 0 Å². The molecule has 2 saturated heterocycles. The molecule has 9 heteroatoms. The number of nitrogens with one attached hydrogen (secondary N) is 2. The summed E-state index contributed by atoms with van der Waals surface area (Å²) in [6.45, 7) is 7.49. The van der Waals surface area contributed by atoms with Crippen LogP contribution in [0.4, 0.5) is 15.3 Å². The zero-order valence-corrected chi connectivity index (χ0v) is 27.0. The van der Waals surface area contributed by atoms with Crippen LogP contribution in [0.2, 0.25) is 0 Å². The highest BCUT2D eigenvalue weighted by Gasteiger charge is 2.34. The molecule has 2 atom stereocenters. The Kier molecular flexibility index (Phi) is 10.5. The molecule has 9 nitrogen and oxygen atoms in total. The van der Waals surface area contributed by atoms with Crippen molar-refractivity contribution in [3.05, 3.63) is 64.7 Å². The summed E-state index contributed by atoms with van der Waals surface area (Å²) in [4.78, 5) is 48.6. The number of anilines is 1. The van der Waals surface area contributed by atoms with Gasteiger partial charge in [0.05, 0.1) is 0 Å². The van der Waals surface area contributed by atoms with Gasteiger partial charge in [0.25, 0.3) is 0 Å². The number of amides is 5. The molecule has 0 saturated carbocycles. The van der Waals surface area contributed by atoms with Crippen molar-refractivity contribution >= 4 is 23.7 Å². The molecule has 238 valence electrons. The molecule has 2 fully saturated rings. The first-order chi connectivity index (χ1) is 21.3. The van der Waals surface area contributed by atoms with Gasteiger partial charge in [-0.25, -0.2) is 9.59 Å². The Hall–Kier alpha value is -3.59. The standard InChI is InChI=1S/C35H50N6O3/c1-5-26-14-13-25(22-27(26)6-2)23-32(33(42)40-18-9-11-30(24-40)38(3)4)37-34(43)39-19-16-29(17-20-39)41-21-15-28-10-7-8-12-31(28)36-35(41)44/h7-8,10,12-14,22,29-30,32H,5-6,9,11,15-21,23-24H2,1-4H3,(H,36,44)(H,37,43)/t30?,32-/m1/s1. The highest BCUT2D eigenvalue weighted by atomic mass is 16.2. The summed E-state index contributed by atoms with van der Waals surface area (Å²) >= 11 is 0. The maximum absolute atomic E-state index is 14.0. The second-order valence-electron chi connectivity index (χ2n) is 12.8. The van der Waals surface area contributed by atoms with E-state index in [0.29, 0.717) is 51.5 Å². The quantitative estimate of drug-likeness (QED) is 0.465. The number of fused-ring (bicyclic) bond motifs is 1. The second-order valence-corrected chi connectivity index (χ2v) is 12.8. The Morgan fingerprint density at radius 1 is 0.955 bits per heavy atom. The monoisotopic (exact) mass is 602 g/mol. The van der Waals surface area contributed by atoms with Crippen molar-refractivity contribution in [2.24, 2.45) is 0 Å². The van der Waals surface area contributed by atoms with Crippen LogP contribution < -0.4 is 10.6 Å². The number of rotatable bonds is 8. The van der Waals surface area contributed by atoms with Crippen LogP contribution in [0.5, 0.6) is 0 Å². The summed E-state index contributed by atoms with van der Waals surface area (Å²) in [6, 6.07) is 14.0. The van der Waals surface area contributed by atoms with Gasteiger partial charge in [-0.2, -0.15) is 0 Å². The van der Waals surface area contributed by atoms with Gasteiger partial charge >= 0.3 is 12.1 Å². The number of urea groups is 2. The zero-order chi connectivity index (χ0) is 31.2. The maximum atomic E-state index is 14.0. The van der Waals surface area contributed by atoms with Gasteiger partial charge in [0.2, 0.25) is 5.91 Å². The van der Waals surface area contributed by atoms with Crippen LogP contribution in [0, 0.1) is 0 Å². The van der Waals surface area contributed by atoms with Gasteiger partial charge in [-0.1, -0.05) is 50.2 Å². The summed E-state index contributed by atoms with van der Waals surface area (Å²) in [6.07, 6.45) is 6.65. The first-order valence-electron chi connectivity index (χ1n) is 16.5. The number of piperidine rings is 2. The molecule has 0 bridgehead atoms. The average molecular weight is 603 g/mol. The smallest absolute Gasteiger partial charge is 0.322 e. The average Bonchev–Trinajstić information content (AvgIpc) is 3.22. The highest BCUT2D eigenvalue weighted by molar-refractivity contribution is 5.91. The molecule has 0 aliphatic carbocycles. The third-order valence-corrected chi connectivity index (χ3v) is 9.84. The summed E-state index contributed by atoms with van der Waals surface area (Å²) in [5.41, 5.74) is 5.74. The molecule has 44 heavy (non-hydrogen) atoms. The van der Waals surface area contributed by atoms with Crippen LogP contribution in [0.15, 0.2) is 42.5 Å². The second kappa shape index (κ2) is 14.5. The van der Waals surface area contributed by atoms with Crippen molar-refractivity contribution in [3.8, 4) is 0 Å². The maximum Gasteiger partial charge on any atom is 0.322 e. The minimum Gasteiger partial charge on any atom is -0.339 e.